The Bertz CT molecular complexity index is 3590. The van der Waals surface area contributed by atoms with Gasteiger partial charge in [0.25, 0.3) is 0 Å². The first-order valence-electron chi connectivity index (χ1n) is 23.2. The fraction of sp³-hybridized carbons (Fsp3) is 0.0625. The maximum Gasteiger partial charge on any atom is 0.104 e. The van der Waals surface area contributed by atoms with Crippen LogP contribution in [-0.2, 0) is 0 Å². The molecule has 0 saturated carbocycles. The summed E-state index contributed by atoms with van der Waals surface area (Å²) in [6, 6.07) is 72.8. The SMILES string of the molecule is Cc1ccccc1-c1ccc2c3ccc(-c4ccccc4C)cc3n(-c3cc(-c4cccnc4)cc(-n4c5cc(-c6ccccc6C)ccc5c5ccc(-c6ccccc6C)cc54)c3C#N)c2c1. The summed E-state index contributed by atoms with van der Waals surface area (Å²) in [6.07, 6.45) is 3.74. The van der Waals surface area contributed by atoms with Crippen LogP contribution < -0.4 is 0 Å². The van der Waals surface area contributed by atoms with Gasteiger partial charge in [0.15, 0.2) is 0 Å². The highest BCUT2D eigenvalue weighted by Gasteiger charge is 2.24. The highest BCUT2D eigenvalue weighted by atomic mass is 15.0. The molecule has 0 fully saturated rings. The van der Waals surface area contributed by atoms with Crippen molar-refractivity contribution in [3.8, 4) is 73.1 Å². The van der Waals surface area contributed by atoms with Gasteiger partial charge in [0.2, 0.25) is 0 Å². The number of rotatable bonds is 7. The van der Waals surface area contributed by atoms with E-state index in [1.807, 2.05) is 18.5 Å². The Kier molecular flexibility index (Phi) is 9.74. The van der Waals surface area contributed by atoms with Crippen LogP contribution in [-0.4, -0.2) is 14.1 Å². The maximum absolute atomic E-state index is 11.9. The third-order valence-electron chi connectivity index (χ3n) is 14.0. The maximum atomic E-state index is 11.9. The fourth-order valence-electron chi connectivity index (χ4n) is 10.6. The molecule has 9 aromatic carbocycles. The predicted molar refractivity (Wildman–Crippen MR) is 284 cm³/mol. The van der Waals surface area contributed by atoms with Crippen molar-refractivity contribution < 1.29 is 0 Å². The van der Waals surface area contributed by atoms with Gasteiger partial charge in [-0.2, -0.15) is 5.26 Å². The van der Waals surface area contributed by atoms with E-state index in [1.54, 1.807) is 0 Å². The van der Waals surface area contributed by atoms with Crippen molar-refractivity contribution in [1.29, 1.82) is 5.26 Å². The smallest absolute Gasteiger partial charge is 0.104 e. The molecule has 0 aliphatic rings. The highest BCUT2D eigenvalue weighted by Crippen LogP contribution is 2.44. The zero-order valence-electron chi connectivity index (χ0n) is 38.4. The minimum atomic E-state index is 0.570. The van der Waals surface area contributed by atoms with Gasteiger partial charge in [0, 0.05) is 39.5 Å². The molecule has 322 valence electrons. The van der Waals surface area contributed by atoms with E-state index in [2.05, 4.69) is 236 Å². The van der Waals surface area contributed by atoms with Crippen LogP contribution in [0, 0.1) is 39.0 Å². The molecule has 0 saturated heterocycles. The molecule has 0 unspecified atom stereocenters. The van der Waals surface area contributed by atoms with Crippen LogP contribution in [0.4, 0.5) is 0 Å². The van der Waals surface area contributed by atoms with Gasteiger partial charge < -0.3 is 9.13 Å². The Balaban J connectivity index is 1.24. The van der Waals surface area contributed by atoms with Crippen LogP contribution in [0.25, 0.3) is 111 Å². The molecule has 68 heavy (non-hydrogen) atoms. The van der Waals surface area contributed by atoms with Crippen LogP contribution >= 0.6 is 0 Å². The van der Waals surface area contributed by atoms with E-state index in [9.17, 15) is 5.26 Å². The first-order valence-corrected chi connectivity index (χ1v) is 23.2. The summed E-state index contributed by atoms with van der Waals surface area (Å²) in [5, 5.41) is 16.4. The van der Waals surface area contributed by atoms with Gasteiger partial charge in [0.05, 0.1) is 33.4 Å². The van der Waals surface area contributed by atoms with Crippen molar-refractivity contribution in [3.05, 3.63) is 234 Å². The zero-order chi connectivity index (χ0) is 46.0. The van der Waals surface area contributed by atoms with Gasteiger partial charge in [-0.05, 0) is 142 Å². The number of nitrogens with zero attached hydrogens (tertiary/aromatic N) is 4. The van der Waals surface area contributed by atoms with E-state index in [4.69, 9.17) is 0 Å². The minimum Gasteiger partial charge on any atom is -0.308 e. The molecule has 4 nitrogen and oxygen atoms in total. The van der Waals surface area contributed by atoms with Crippen molar-refractivity contribution in [3.63, 3.8) is 0 Å². The second-order valence-electron chi connectivity index (χ2n) is 18.1. The van der Waals surface area contributed by atoms with Crippen molar-refractivity contribution in [1.82, 2.24) is 14.1 Å². The molecule has 0 N–H and O–H groups in total. The summed E-state index contributed by atoms with van der Waals surface area (Å²) in [7, 11) is 0. The molecule has 0 aliphatic heterocycles. The zero-order valence-corrected chi connectivity index (χ0v) is 38.4. The van der Waals surface area contributed by atoms with E-state index in [1.165, 1.54) is 44.5 Å². The van der Waals surface area contributed by atoms with Gasteiger partial charge in [0.1, 0.15) is 11.6 Å². The third kappa shape index (κ3) is 6.63. The van der Waals surface area contributed by atoms with Gasteiger partial charge in [-0.1, -0.05) is 152 Å². The third-order valence-corrected chi connectivity index (χ3v) is 14.0. The van der Waals surface area contributed by atoms with Gasteiger partial charge in [-0.15, -0.1) is 0 Å². The summed E-state index contributed by atoms with van der Waals surface area (Å²) in [6.45, 7) is 8.67. The first kappa shape index (κ1) is 40.7. The number of hydrogen-bond acceptors (Lipinski definition) is 2. The normalized spacial score (nSPS) is 11.5. The van der Waals surface area contributed by atoms with Crippen LogP contribution in [0.3, 0.4) is 0 Å². The van der Waals surface area contributed by atoms with Crippen molar-refractivity contribution in [2.24, 2.45) is 0 Å². The van der Waals surface area contributed by atoms with Gasteiger partial charge in [-0.3, -0.25) is 4.98 Å². The molecule has 12 rings (SSSR count). The minimum absolute atomic E-state index is 0.570. The van der Waals surface area contributed by atoms with Gasteiger partial charge in [-0.25, -0.2) is 0 Å². The van der Waals surface area contributed by atoms with E-state index >= 15 is 0 Å². The Morgan fingerprint density at radius 1 is 0.353 bits per heavy atom. The largest absolute Gasteiger partial charge is 0.308 e. The predicted octanol–water partition coefficient (Wildman–Crippen LogP) is 16.7. The van der Waals surface area contributed by atoms with E-state index in [-0.39, 0.29) is 0 Å². The molecule has 3 heterocycles. The van der Waals surface area contributed by atoms with Crippen LogP contribution in [0.5, 0.6) is 0 Å². The van der Waals surface area contributed by atoms with Gasteiger partial charge >= 0.3 is 0 Å². The summed E-state index contributed by atoms with van der Waals surface area (Å²) in [5.74, 6) is 0. The van der Waals surface area contributed by atoms with Crippen molar-refractivity contribution in [2.75, 3.05) is 0 Å². The number of aryl methyl sites for hydroxylation is 4. The number of fused-ring (bicyclic) bond motifs is 6. The summed E-state index contributed by atoms with van der Waals surface area (Å²) in [5.41, 5.74) is 22.2. The molecular weight excluding hydrogens is 825 g/mol. The Labute approximate surface area is 396 Å². The topological polar surface area (TPSA) is 46.5 Å². The van der Waals surface area contributed by atoms with Crippen molar-refractivity contribution >= 4 is 43.6 Å². The molecule has 0 atom stereocenters. The molecule has 0 radical (unpaired) electrons. The van der Waals surface area contributed by atoms with Crippen LogP contribution in [0.1, 0.15) is 27.8 Å². The molecule has 4 heteroatoms. The summed E-state index contributed by atoms with van der Waals surface area (Å²) >= 11 is 0. The number of nitriles is 1. The molecule has 0 bridgehead atoms. The molecular formula is C64H46N4. The average molecular weight is 871 g/mol. The lowest BCUT2D eigenvalue weighted by Crippen LogP contribution is -2.05. The lowest BCUT2D eigenvalue weighted by atomic mass is 9.98. The van der Waals surface area contributed by atoms with E-state index < -0.39 is 0 Å². The Morgan fingerprint density at radius 2 is 0.691 bits per heavy atom. The first-order chi connectivity index (χ1) is 33.3. The highest BCUT2D eigenvalue weighted by molar-refractivity contribution is 6.13. The van der Waals surface area contributed by atoms with Crippen molar-refractivity contribution in [2.45, 2.75) is 27.7 Å². The van der Waals surface area contributed by atoms with E-state index in [0.29, 0.717) is 5.56 Å². The lowest BCUT2D eigenvalue weighted by Gasteiger charge is -2.19. The Morgan fingerprint density at radius 3 is 0.985 bits per heavy atom. The monoisotopic (exact) mass is 870 g/mol. The average Bonchev–Trinajstić information content (AvgIpc) is 3.87. The molecule has 0 amide bonds. The molecule has 0 aliphatic carbocycles. The molecule has 12 aromatic rings. The number of benzene rings is 9. The Hall–Kier alpha value is -8.78. The summed E-state index contributed by atoms with van der Waals surface area (Å²) in [4.78, 5) is 4.62. The number of hydrogen-bond donors (Lipinski definition) is 0. The van der Waals surface area contributed by atoms with Crippen LogP contribution in [0.2, 0.25) is 0 Å². The van der Waals surface area contributed by atoms with Crippen LogP contribution in [0.15, 0.2) is 207 Å². The standard InChI is InChI=1S/C64H46N4/c1-40-14-5-9-19-50(40)44-23-27-54-55-28-24-45(51-20-10-6-15-41(51)2)33-60(55)67(59(54)32-44)63-36-49(48-18-13-31-66-39-48)37-64(58(63)38-65)68-61-34-46(52-21-11-7-16-42(52)3)25-29-56(61)57-30-26-47(35-62(57)68)53-22-12-8-17-43(53)4/h5-37,39H,1-4H3. The summed E-state index contributed by atoms with van der Waals surface area (Å²) < 4.78 is 4.70. The molecule has 3 aromatic heterocycles. The quantitative estimate of drug-likeness (QED) is 0.160. The fourth-order valence-corrected chi connectivity index (χ4v) is 10.6. The van der Waals surface area contributed by atoms with E-state index in [0.717, 1.165) is 88.4 Å². The lowest BCUT2D eigenvalue weighted by molar-refractivity contribution is 1.12. The molecule has 0 spiro atoms. The second kappa shape index (κ2) is 16.3. The number of pyridine rings is 1. The number of aromatic nitrogens is 3. The second-order valence-corrected chi connectivity index (χ2v) is 18.1.